The molecule has 1 aliphatic heterocycles. The first-order valence-electron chi connectivity index (χ1n) is 12.6. The number of tetrazole rings is 1. The minimum absolute atomic E-state index is 0.247. The lowest BCUT2D eigenvalue weighted by molar-refractivity contribution is -0.192. The number of alkyl halides is 3. The van der Waals surface area contributed by atoms with Gasteiger partial charge in [0, 0.05) is 19.7 Å². The van der Waals surface area contributed by atoms with Gasteiger partial charge >= 0.3 is 12.1 Å². The molecular formula is C24H31F3N8O4. The molecule has 12 nitrogen and oxygen atoms in total. The van der Waals surface area contributed by atoms with Crippen LogP contribution in [0.15, 0.2) is 24.4 Å². The van der Waals surface area contributed by atoms with Crippen LogP contribution in [-0.4, -0.2) is 72.2 Å². The van der Waals surface area contributed by atoms with Gasteiger partial charge in [-0.3, -0.25) is 4.68 Å². The molecule has 15 heteroatoms. The molecule has 0 amide bonds. The molecule has 0 saturated heterocycles. The Balaban J connectivity index is 0.000000448. The van der Waals surface area contributed by atoms with Gasteiger partial charge in [0.2, 0.25) is 0 Å². The maximum absolute atomic E-state index is 10.6. The SMILES string of the molecule is CC(C)CC1(CNC(c2cnnn2C)c2nnnn2-c2ccc3c(c2)OCCO3)CCC1.O=C(O)C(F)(F)F. The molecule has 0 spiro atoms. The average molecular weight is 553 g/mol. The van der Waals surface area contributed by atoms with Crippen LogP contribution >= 0.6 is 0 Å². The Morgan fingerprint density at radius 1 is 1.18 bits per heavy atom. The van der Waals surface area contributed by atoms with Gasteiger partial charge in [0.25, 0.3) is 0 Å². The summed E-state index contributed by atoms with van der Waals surface area (Å²) in [5, 5.41) is 31.8. The Bertz CT molecular complexity index is 1270. The molecule has 0 bridgehead atoms. The van der Waals surface area contributed by atoms with E-state index >= 15 is 0 Å². The normalized spacial score (nSPS) is 16.7. The number of nitrogens with zero attached hydrogens (tertiary/aromatic N) is 7. The maximum atomic E-state index is 10.6. The third-order valence-electron chi connectivity index (χ3n) is 6.75. The summed E-state index contributed by atoms with van der Waals surface area (Å²) in [7, 11) is 1.89. The molecule has 1 atom stereocenters. The number of ether oxygens (including phenoxy) is 2. The minimum Gasteiger partial charge on any atom is -0.486 e. The fraction of sp³-hybridized carbons (Fsp3) is 0.583. The van der Waals surface area contributed by atoms with Gasteiger partial charge in [-0.05, 0) is 53.2 Å². The molecule has 3 heterocycles. The number of carboxylic acids is 1. The van der Waals surface area contributed by atoms with Gasteiger partial charge in [-0.25, -0.2) is 4.79 Å². The van der Waals surface area contributed by atoms with Crippen molar-refractivity contribution in [2.45, 2.75) is 51.7 Å². The van der Waals surface area contributed by atoms with E-state index in [4.69, 9.17) is 19.4 Å². The van der Waals surface area contributed by atoms with E-state index in [-0.39, 0.29) is 6.04 Å². The summed E-state index contributed by atoms with van der Waals surface area (Å²) in [4.78, 5) is 8.90. The van der Waals surface area contributed by atoms with Crippen LogP contribution in [-0.2, 0) is 11.8 Å². The molecule has 5 rings (SSSR count). The summed E-state index contributed by atoms with van der Waals surface area (Å²) in [6.45, 7) is 6.58. The third kappa shape index (κ3) is 6.64. The fourth-order valence-electron chi connectivity index (χ4n) is 4.92. The Kier molecular flexibility index (Phi) is 8.37. The van der Waals surface area contributed by atoms with Crippen molar-refractivity contribution in [3.8, 4) is 17.2 Å². The first kappa shape index (κ1) is 28.3. The van der Waals surface area contributed by atoms with Crippen molar-refractivity contribution < 1.29 is 32.5 Å². The van der Waals surface area contributed by atoms with Crippen molar-refractivity contribution in [1.82, 2.24) is 40.5 Å². The molecule has 1 aromatic carbocycles. The minimum atomic E-state index is -5.08. The summed E-state index contributed by atoms with van der Waals surface area (Å²) >= 11 is 0. The van der Waals surface area contributed by atoms with Crippen LogP contribution in [0.2, 0.25) is 0 Å². The summed E-state index contributed by atoms with van der Waals surface area (Å²) in [5.41, 5.74) is 2.06. The number of carboxylic acid groups (broad SMARTS) is 1. The predicted octanol–water partition coefficient (Wildman–Crippen LogP) is 3.09. The van der Waals surface area contributed by atoms with Crippen LogP contribution in [0.5, 0.6) is 11.5 Å². The second kappa shape index (κ2) is 11.6. The summed E-state index contributed by atoms with van der Waals surface area (Å²) in [6.07, 6.45) is 1.70. The highest BCUT2D eigenvalue weighted by molar-refractivity contribution is 5.73. The molecule has 1 unspecified atom stereocenters. The molecule has 3 aromatic rings. The van der Waals surface area contributed by atoms with E-state index in [1.165, 1.54) is 25.7 Å². The van der Waals surface area contributed by atoms with Crippen molar-refractivity contribution in [1.29, 1.82) is 0 Å². The zero-order valence-corrected chi connectivity index (χ0v) is 21.9. The summed E-state index contributed by atoms with van der Waals surface area (Å²) in [5.74, 6) is 0.0311. The summed E-state index contributed by atoms with van der Waals surface area (Å²) < 4.78 is 46.7. The van der Waals surface area contributed by atoms with Crippen LogP contribution in [0, 0.1) is 11.3 Å². The topological polar surface area (TPSA) is 142 Å². The number of aryl methyl sites for hydroxylation is 1. The van der Waals surface area contributed by atoms with Crippen LogP contribution in [0.4, 0.5) is 13.2 Å². The first-order valence-corrected chi connectivity index (χ1v) is 12.6. The Hall–Kier alpha value is -3.75. The number of halogens is 3. The van der Waals surface area contributed by atoms with Gasteiger partial charge in [-0.1, -0.05) is 25.5 Å². The number of fused-ring (bicyclic) bond motifs is 1. The second-order valence-corrected chi connectivity index (χ2v) is 10.1. The maximum Gasteiger partial charge on any atom is 0.490 e. The van der Waals surface area contributed by atoms with E-state index < -0.39 is 12.1 Å². The molecular weight excluding hydrogens is 521 g/mol. The smallest absolute Gasteiger partial charge is 0.486 e. The third-order valence-corrected chi connectivity index (χ3v) is 6.75. The van der Waals surface area contributed by atoms with E-state index in [1.54, 1.807) is 15.6 Å². The van der Waals surface area contributed by atoms with Gasteiger partial charge in [-0.2, -0.15) is 17.9 Å². The number of carbonyl (C=O) groups is 1. The van der Waals surface area contributed by atoms with E-state index in [0.29, 0.717) is 36.1 Å². The van der Waals surface area contributed by atoms with Crippen molar-refractivity contribution in [2.24, 2.45) is 18.4 Å². The fourth-order valence-corrected chi connectivity index (χ4v) is 4.92. The van der Waals surface area contributed by atoms with Gasteiger partial charge in [0.15, 0.2) is 17.3 Å². The molecule has 2 aliphatic rings. The standard InChI is InChI=1S/C22H30N8O2.C2HF3O2/c1-15(2)12-22(7-4-8-22)14-23-20(17-13-24-27-29(17)3)21-25-26-28-30(21)16-5-6-18-19(11-16)32-10-9-31-18;3-2(4,5)1(6)7/h5-6,11,13,15,20,23H,4,7-10,12,14H2,1-3H3;(H,6,7). The van der Waals surface area contributed by atoms with Crippen LogP contribution < -0.4 is 14.8 Å². The van der Waals surface area contributed by atoms with Crippen LogP contribution in [0.3, 0.4) is 0 Å². The lowest BCUT2D eigenvalue weighted by atomic mass is 9.64. The summed E-state index contributed by atoms with van der Waals surface area (Å²) in [6, 6.07) is 5.51. The molecule has 39 heavy (non-hydrogen) atoms. The molecule has 2 aromatic heterocycles. The van der Waals surface area contributed by atoms with Crippen molar-refractivity contribution >= 4 is 5.97 Å². The quantitative estimate of drug-likeness (QED) is 0.428. The average Bonchev–Trinajstić information content (AvgIpc) is 3.51. The Morgan fingerprint density at radius 2 is 1.87 bits per heavy atom. The van der Waals surface area contributed by atoms with Crippen molar-refractivity contribution in [2.75, 3.05) is 19.8 Å². The number of hydrogen-bond acceptors (Lipinski definition) is 9. The molecule has 0 radical (unpaired) electrons. The Labute approximate surface area is 222 Å². The number of hydrogen-bond donors (Lipinski definition) is 2. The van der Waals surface area contributed by atoms with Gasteiger partial charge in [0.05, 0.1) is 17.6 Å². The van der Waals surface area contributed by atoms with Gasteiger partial charge in [0.1, 0.15) is 19.3 Å². The number of aromatic nitrogens is 7. The van der Waals surface area contributed by atoms with Gasteiger partial charge in [-0.15, -0.1) is 10.2 Å². The highest BCUT2D eigenvalue weighted by Crippen LogP contribution is 2.46. The second-order valence-electron chi connectivity index (χ2n) is 10.1. The van der Waals surface area contributed by atoms with E-state index in [1.807, 2.05) is 25.2 Å². The van der Waals surface area contributed by atoms with Crippen LogP contribution in [0.1, 0.15) is 57.1 Å². The lowest BCUT2D eigenvalue weighted by Crippen LogP contribution is -2.43. The van der Waals surface area contributed by atoms with E-state index in [0.717, 1.165) is 23.7 Å². The largest absolute Gasteiger partial charge is 0.490 e. The monoisotopic (exact) mass is 552 g/mol. The van der Waals surface area contributed by atoms with Gasteiger partial charge < -0.3 is 19.9 Å². The van der Waals surface area contributed by atoms with E-state index in [2.05, 4.69) is 45.0 Å². The molecule has 1 aliphatic carbocycles. The zero-order valence-electron chi connectivity index (χ0n) is 21.9. The first-order chi connectivity index (χ1) is 18.5. The van der Waals surface area contributed by atoms with Crippen molar-refractivity contribution in [3.63, 3.8) is 0 Å². The number of aliphatic carboxylic acids is 1. The zero-order chi connectivity index (χ0) is 28.2. The lowest BCUT2D eigenvalue weighted by Gasteiger charge is -2.44. The number of rotatable bonds is 8. The predicted molar refractivity (Wildman–Crippen MR) is 130 cm³/mol. The highest BCUT2D eigenvalue weighted by atomic mass is 19.4. The molecule has 2 N–H and O–H groups in total. The number of benzene rings is 1. The highest BCUT2D eigenvalue weighted by Gasteiger charge is 2.39. The number of nitrogens with one attached hydrogen (secondary N) is 1. The van der Waals surface area contributed by atoms with E-state index in [9.17, 15) is 13.2 Å². The molecule has 212 valence electrons. The molecule has 1 fully saturated rings. The molecule has 1 saturated carbocycles. The Morgan fingerprint density at radius 3 is 2.44 bits per heavy atom. The van der Waals surface area contributed by atoms with Crippen LogP contribution in [0.25, 0.3) is 5.69 Å². The van der Waals surface area contributed by atoms with Crippen molar-refractivity contribution in [3.05, 3.63) is 35.9 Å².